The summed E-state index contributed by atoms with van der Waals surface area (Å²) in [5.41, 5.74) is 6.17. The van der Waals surface area contributed by atoms with E-state index in [4.69, 9.17) is 10.2 Å². The number of aryl methyl sites for hydroxylation is 2. The Labute approximate surface area is 102 Å². The fraction of sp³-hybridized carbons (Fsp3) is 0.636. The summed E-state index contributed by atoms with van der Waals surface area (Å²) >= 11 is 0. The van der Waals surface area contributed by atoms with Crippen molar-refractivity contribution >= 4 is 10.0 Å². The minimum atomic E-state index is -3.27. The van der Waals surface area contributed by atoms with Gasteiger partial charge >= 0.3 is 0 Å². The Bertz CT molecular complexity index is 465. The number of rotatable bonds is 6. The zero-order valence-electron chi connectivity index (χ0n) is 10.5. The highest BCUT2D eigenvalue weighted by Gasteiger charge is 2.18. The molecule has 0 aliphatic rings. The van der Waals surface area contributed by atoms with Crippen molar-refractivity contribution in [3.8, 4) is 0 Å². The van der Waals surface area contributed by atoms with Crippen LogP contribution in [0.1, 0.15) is 36.5 Å². The normalized spacial score (nSPS) is 13.9. The van der Waals surface area contributed by atoms with Crippen LogP contribution >= 0.6 is 0 Å². The Morgan fingerprint density at radius 2 is 2.12 bits per heavy atom. The molecule has 1 unspecified atom stereocenters. The highest BCUT2D eigenvalue weighted by atomic mass is 32.2. The number of hydrogen-bond acceptors (Lipinski definition) is 4. The van der Waals surface area contributed by atoms with Gasteiger partial charge in [-0.2, -0.15) is 0 Å². The van der Waals surface area contributed by atoms with Crippen LogP contribution in [0.3, 0.4) is 0 Å². The molecular formula is C11H20N2O3S. The SMILES string of the molecule is Cc1cc(C(C)NS(=O)(=O)CCCN)c(C)o1. The van der Waals surface area contributed by atoms with E-state index < -0.39 is 10.0 Å². The third-order valence-corrected chi connectivity index (χ3v) is 4.06. The fourth-order valence-corrected chi connectivity index (χ4v) is 3.08. The van der Waals surface area contributed by atoms with Gasteiger partial charge in [0, 0.05) is 11.6 Å². The van der Waals surface area contributed by atoms with Crippen LogP contribution in [0.4, 0.5) is 0 Å². The van der Waals surface area contributed by atoms with E-state index in [-0.39, 0.29) is 11.8 Å². The molecule has 3 N–H and O–H groups in total. The Morgan fingerprint density at radius 1 is 1.47 bits per heavy atom. The van der Waals surface area contributed by atoms with Crippen molar-refractivity contribution in [2.24, 2.45) is 5.73 Å². The third kappa shape index (κ3) is 4.14. The summed E-state index contributed by atoms with van der Waals surface area (Å²) in [7, 11) is -3.27. The lowest BCUT2D eigenvalue weighted by Crippen LogP contribution is -2.30. The van der Waals surface area contributed by atoms with E-state index in [1.165, 1.54) is 0 Å². The van der Waals surface area contributed by atoms with E-state index in [0.29, 0.717) is 13.0 Å². The average molecular weight is 260 g/mol. The van der Waals surface area contributed by atoms with Gasteiger partial charge in [-0.25, -0.2) is 13.1 Å². The van der Waals surface area contributed by atoms with E-state index in [9.17, 15) is 8.42 Å². The first-order chi connectivity index (χ1) is 7.85. The second-order valence-corrected chi connectivity index (χ2v) is 6.04. The Hall–Kier alpha value is -0.850. The lowest BCUT2D eigenvalue weighted by Gasteiger charge is -2.13. The average Bonchev–Trinajstić information content (AvgIpc) is 2.54. The first-order valence-corrected chi connectivity index (χ1v) is 7.28. The monoisotopic (exact) mass is 260 g/mol. The Balaban J connectivity index is 2.72. The summed E-state index contributed by atoms with van der Waals surface area (Å²) in [5, 5.41) is 0. The lowest BCUT2D eigenvalue weighted by molar-refractivity contribution is 0.496. The quantitative estimate of drug-likeness (QED) is 0.805. The number of nitrogens with two attached hydrogens (primary N) is 1. The highest BCUT2D eigenvalue weighted by molar-refractivity contribution is 7.89. The molecule has 1 aromatic heterocycles. The predicted molar refractivity (Wildman–Crippen MR) is 67.2 cm³/mol. The minimum absolute atomic E-state index is 0.0592. The molecule has 6 heteroatoms. The van der Waals surface area contributed by atoms with Crippen molar-refractivity contribution in [1.29, 1.82) is 0 Å². The maximum absolute atomic E-state index is 11.7. The molecule has 0 fully saturated rings. The predicted octanol–water partition coefficient (Wildman–Crippen LogP) is 1.23. The summed E-state index contributed by atoms with van der Waals surface area (Å²) in [6, 6.07) is 1.57. The van der Waals surface area contributed by atoms with Gasteiger partial charge in [-0.15, -0.1) is 0 Å². The summed E-state index contributed by atoms with van der Waals surface area (Å²) in [6.07, 6.45) is 0.464. The van der Waals surface area contributed by atoms with Gasteiger partial charge in [-0.1, -0.05) is 0 Å². The largest absolute Gasteiger partial charge is 0.466 e. The second kappa shape index (κ2) is 5.66. The van der Waals surface area contributed by atoms with Crippen LogP contribution in [0, 0.1) is 13.8 Å². The maximum atomic E-state index is 11.7. The molecule has 0 radical (unpaired) electrons. The topological polar surface area (TPSA) is 85.3 Å². The van der Waals surface area contributed by atoms with Gasteiger partial charge in [0.15, 0.2) is 0 Å². The molecule has 1 atom stereocenters. The lowest BCUT2D eigenvalue weighted by atomic mass is 10.1. The smallest absolute Gasteiger partial charge is 0.212 e. The first-order valence-electron chi connectivity index (χ1n) is 5.62. The molecule has 0 saturated carbocycles. The standard InChI is InChI=1S/C11H20N2O3S/c1-8-7-11(10(3)16-8)9(2)13-17(14,15)6-4-5-12/h7,9,13H,4-6,12H2,1-3H3. The molecule has 17 heavy (non-hydrogen) atoms. The summed E-state index contributed by atoms with van der Waals surface area (Å²) in [4.78, 5) is 0. The molecule has 0 amide bonds. The van der Waals surface area contributed by atoms with Gasteiger partial charge in [0.2, 0.25) is 10.0 Å². The molecule has 0 saturated heterocycles. The Kier molecular flexibility index (Phi) is 4.73. The molecule has 5 nitrogen and oxygen atoms in total. The zero-order chi connectivity index (χ0) is 13.1. The first kappa shape index (κ1) is 14.2. The van der Waals surface area contributed by atoms with E-state index in [1.807, 2.05) is 19.9 Å². The van der Waals surface area contributed by atoms with Gasteiger partial charge in [-0.05, 0) is 39.8 Å². The van der Waals surface area contributed by atoms with Gasteiger partial charge in [0.1, 0.15) is 11.5 Å². The van der Waals surface area contributed by atoms with Crippen molar-refractivity contribution in [2.75, 3.05) is 12.3 Å². The fourth-order valence-electron chi connectivity index (χ4n) is 1.75. The molecule has 0 aromatic carbocycles. The van der Waals surface area contributed by atoms with Crippen molar-refractivity contribution in [2.45, 2.75) is 33.2 Å². The van der Waals surface area contributed by atoms with Gasteiger partial charge in [0.25, 0.3) is 0 Å². The van der Waals surface area contributed by atoms with Crippen molar-refractivity contribution < 1.29 is 12.8 Å². The highest BCUT2D eigenvalue weighted by Crippen LogP contribution is 2.21. The molecule has 1 heterocycles. The molecular weight excluding hydrogens is 240 g/mol. The third-order valence-electron chi connectivity index (χ3n) is 2.52. The second-order valence-electron chi connectivity index (χ2n) is 4.17. The summed E-state index contributed by atoms with van der Waals surface area (Å²) in [5.74, 6) is 1.59. The molecule has 0 aliphatic heterocycles. The van der Waals surface area contributed by atoms with E-state index in [0.717, 1.165) is 17.1 Å². The van der Waals surface area contributed by atoms with Crippen LogP contribution in [0.2, 0.25) is 0 Å². The molecule has 1 aromatic rings. The van der Waals surface area contributed by atoms with Crippen LogP contribution in [0.5, 0.6) is 0 Å². The minimum Gasteiger partial charge on any atom is -0.466 e. The van der Waals surface area contributed by atoms with E-state index in [2.05, 4.69) is 4.72 Å². The molecule has 98 valence electrons. The molecule has 0 bridgehead atoms. The van der Waals surface area contributed by atoms with Crippen LogP contribution in [0.25, 0.3) is 0 Å². The molecule has 1 rings (SSSR count). The maximum Gasteiger partial charge on any atom is 0.212 e. The number of sulfonamides is 1. The van der Waals surface area contributed by atoms with Crippen molar-refractivity contribution in [3.05, 3.63) is 23.2 Å². The zero-order valence-corrected chi connectivity index (χ0v) is 11.3. The number of furan rings is 1. The Morgan fingerprint density at radius 3 is 2.59 bits per heavy atom. The number of hydrogen-bond donors (Lipinski definition) is 2. The van der Waals surface area contributed by atoms with Crippen molar-refractivity contribution in [1.82, 2.24) is 4.72 Å². The van der Waals surface area contributed by atoms with Crippen LogP contribution < -0.4 is 10.5 Å². The van der Waals surface area contributed by atoms with Crippen molar-refractivity contribution in [3.63, 3.8) is 0 Å². The van der Waals surface area contributed by atoms with E-state index >= 15 is 0 Å². The van der Waals surface area contributed by atoms with Gasteiger partial charge < -0.3 is 10.2 Å². The number of nitrogens with one attached hydrogen (secondary N) is 1. The van der Waals surface area contributed by atoms with Gasteiger partial charge in [0.05, 0.1) is 5.75 Å². The summed E-state index contributed by atoms with van der Waals surface area (Å²) in [6.45, 7) is 5.84. The van der Waals surface area contributed by atoms with E-state index in [1.54, 1.807) is 6.92 Å². The van der Waals surface area contributed by atoms with Crippen LogP contribution in [0.15, 0.2) is 10.5 Å². The van der Waals surface area contributed by atoms with Gasteiger partial charge in [-0.3, -0.25) is 0 Å². The van der Waals surface area contributed by atoms with Crippen LogP contribution in [-0.4, -0.2) is 20.7 Å². The molecule has 0 aliphatic carbocycles. The van der Waals surface area contributed by atoms with Crippen LogP contribution in [-0.2, 0) is 10.0 Å². The summed E-state index contributed by atoms with van der Waals surface area (Å²) < 4.78 is 31.4. The molecule has 0 spiro atoms.